The molecule has 0 aliphatic carbocycles. The molecule has 0 aromatic carbocycles. The van der Waals surface area contributed by atoms with Crippen LogP contribution in [0.4, 0.5) is 5.82 Å². The van der Waals surface area contributed by atoms with Gasteiger partial charge in [0.15, 0.2) is 4.77 Å². The maximum Gasteiger partial charge on any atom is 0.199 e. The van der Waals surface area contributed by atoms with Gasteiger partial charge in [0, 0.05) is 19.2 Å². The van der Waals surface area contributed by atoms with Crippen molar-refractivity contribution in [1.82, 2.24) is 9.97 Å². The van der Waals surface area contributed by atoms with E-state index in [2.05, 4.69) is 15.3 Å². The van der Waals surface area contributed by atoms with Crippen molar-refractivity contribution in [2.24, 2.45) is 0 Å². The van der Waals surface area contributed by atoms with Crippen LogP contribution in [0.5, 0.6) is 0 Å². The third-order valence-corrected chi connectivity index (χ3v) is 2.75. The zero-order chi connectivity index (χ0) is 10.7. The number of nitrogens with zero attached hydrogens (tertiary/aromatic N) is 1. The Kier molecular flexibility index (Phi) is 3.33. The van der Waals surface area contributed by atoms with E-state index in [0.717, 1.165) is 24.5 Å². The highest BCUT2D eigenvalue weighted by molar-refractivity contribution is 7.71. The number of fused-ring (bicyclic) bond motifs is 1. The van der Waals surface area contributed by atoms with Gasteiger partial charge in [0.1, 0.15) is 5.82 Å². The Morgan fingerprint density at radius 2 is 2.33 bits per heavy atom. The zero-order valence-electron chi connectivity index (χ0n) is 8.80. The number of hydrogen-bond donors (Lipinski definition) is 2. The summed E-state index contributed by atoms with van der Waals surface area (Å²) in [5.74, 6) is 0.934. The normalized spacial score (nSPS) is 15.3. The van der Waals surface area contributed by atoms with E-state index in [1.165, 1.54) is 18.4 Å². The highest BCUT2D eigenvalue weighted by Gasteiger charge is 2.13. The summed E-state index contributed by atoms with van der Waals surface area (Å²) in [4.78, 5) is 7.41. The lowest BCUT2D eigenvalue weighted by molar-refractivity contribution is 0.180. The minimum atomic E-state index is 0.523. The molecule has 1 aromatic rings. The van der Waals surface area contributed by atoms with Crippen molar-refractivity contribution in [2.75, 3.05) is 19.0 Å². The molecule has 2 rings (SSSR count). The maximum absolute atomic E-state index is 5.16. The van der Waals surface area contributed by atoms with Gasteiger partial charge < -0.3 is 15.0 Å². The summed E-state index contributed by atoms with van der Waals surface area (Å²) in [5, 5.41) is 3.31. The summed E-state index contributed by atoms with van der Waals surface area (Å²) in [6.07, 6.45) is 3.40. The Bertz CT molecular complexity index is 402. The number of aromatic nitrogens is 2. The van der Waals surface area contributed by atoms with Gasteiger partial charge in [-0.05, 0) is 31.5 Å². The first-order valence-electron chi connectivity index (χ1n) is 5.16. The molecule has 0 spiro atoms. The van der Waals surface area contributed by atoms with Crippen LogP contribution in [0, 0.1) is 4.77 Å². The summed E-state index contributed by atoms with van der Waals surface area (Å²) < 4.78 is 5.68. The number of methoxy groups -OCH3 is 1. The molecule has 2 N–H and O–H groups in total. The van der Waals surface area contributed by atoms with E-state index in [1.807, 2.05) is 0 Å². The predicted molar refractivity (Wildman–Crippen MR) is 61.6 cm³/mol. The summed E-state index contributed by atoms with van der Waals surface area (Å²) in [6, 6.07) is 0. The molecule has 0 fully saturated rings. The first-order valence-corrected chi connectivity index (χ1v) is 5.57. The van der Waals surface area contributed by atoms with Gasteiger partial charge in [0.05, 0.1) is 12.3 Å². The van der Waals surface area contributed by atoms with Crippen LogP contribution in [0.15, 0.2) is 0 Å². The molecule has 0 bridgehead atoms. The van der Waals surface area contributed by atoms with Crippen molar-refractivity contribution in [1.29, 1.82) is 0 Å². The van der Waals surface area contributed by atoms with Crippen molar-refractivity contribution >= 4 is 18.0 Å². The lowest BCUT2D eigenvalue weighted by Crippen LogP contribution is -2.07. The van der Waals surface area contributed by atoms with Crippen molar-refractivity contribution in [3.8, 4) is 0 Å². The second kappa shape index (κ2) is 4.72. The molecular weight excluding hydrogens is 210 g/mol. The molecule has 82 valence electrons. The molecular formula is C10H15N3OS. The van der Waals surface area contributed by atoms with Gasteiger partial charge in [0.2, 0.25) is 0 Å². The van der Waals surface area contributed by atoms with Gasteiger partial charge in [-0.25, -0.2) is 4.98 Å². The number of ether oxygens (including phenoxy) is 1. The minimum absolute atomic E-state index is 0.523. The quantitative estimate of drug-likeness (QED) is 0.756. The van der Waals surface area contributed by atoms with Crippen molar-refractivity contribution in [3.63, 3.8) is 0 Å². The summed E-state index contributed by atoms with van der Waals surface area (Å²) in [7, 11) is 1.69. The largest absolute Gasteiger partial charge is 0.378 e. The van der Waals surface area contributed by atoms with E-state index in [-0.39, 0.29) is 0 Å². The Hall–Kier alpha value is -0.940. The Morgan fingerprint density at radius 3 is 3.13 bits per heavy atom. The van der Waals surface area contributed by atoms with Gasteiger partial charge in [-0.2, -0.15) is 0 Å². The van der Waals surface area contributed by atoms with E-state index in [0.29, 0.717) is 11.4 Å². The van der Waals surface area contributed by atoms with Crippen molar-refractivity contribution in [3.05, 3.63) is 16.0 Å². The molecule has 0 amide bonds. The van der Waals surface area contributed by atoms with Gasteiger partial charge in [-0.3, -0.25) is 0 Å². The fourth-order valence-electron chi connectivity index (χ4n) is 1.86. The minimum Gasteiger partial charge on any atom is -0.378 e. The smallest absolute Gasteiger partial charge is 0.199 e. The first kappa shape index (κ1) is 10.6. The monoisotopic (exact) mass is 225 g/mol. The summed E-state index contributed by atoms with van der Waals surface area (Å²) >= 11 is 5.08. The molecule has 5 heteroatoms. The lowest BCUT2D eigenvalue weighted by Gasteiger charge is -2.11. The number of nitrogens with one attached hydrogen (secondary N) is 2. The van der Waals surface area contributed by atoms with Crippen molar-refractivity contribution in [2.45, 2.75) is 25.9 Å². The molecule has 0 atom stereocenters. The Balaban J connectivity index is 2.45. The van der Waals surface area contributed by atoms with Crippen LogP contribution >= 0.6 is 12.2 Å². The molecule has 2 heterocycles. The maximum atomic E-state index is 5.16. The van der Waals surface area contributed by atoms with Gasteiger partial charge >= 0.3 is 0 Å². The third kappa shape index (κ3) is 2.35. The Morgan fingerprint density at radius 1 is 1.47 bits per heavy atom. The molecule has 1 aliphatic heterocycles. The fourth-order valence-corrected chi connectivity index (χ4v) is 2.08. The number of anilines is 1. The first-order chi connectivity index (χ1) is 7.31. The lowest BCUT2D eigenvalue weighted by atomic mass is 10.1. The van der Waals surface area contributed by atoms with E-state index in [4.69, 9.17) is 17.0 Å². The second-order valence-electron chi connectivity index (χ2n) is 3.66. The van der Waals surface area contributed by atoms with Crippen LogP contribution in [0.3, 0.4) is 0 Å². The van der Waals surface area contributed by atoms with Gasteiger partial charge in [0.25, 0.3) is 0 Å². The van der Waals surface area contributed by atoms with Crippen LogP contribution in [0.1, 0.15) is 24.1 Å². The molecule has 0 unspecified atom stereocenters. The van der Waals surface area contributed by atoms with Gasteiger partial charge in [-0.15, -0.1) is 0 Å². The Labute approximate surface area is 94.1 Å². The molecule has 0 saturated carbocycles. The van der Waals surface area contributed by atoms with E-state index < -0.39 is 0 Å². The number of aromatic amines is 1. The molecule has 1 aliphatic rings. The van der Waals surface area contributed by atoms with Crippen LogP contribution in [0.2, 0.25) is 0 Å². The van der Waals surface area contributed by atoms with E-state index >= 15 is 0 Å². The van der Waals surface area contributed by atoms with Crippen molar-refractivity contribution < 1.29 is 4.74 Å². The average Bonchev–Trinajstić information content (AvgIpc) is 2.43. The van der Waals surface area contributed by atoms with Gasteiger partial charge in [-0.1, -0.05) is 0 Å². The summed E-state index contributed by atoms with van der Waals surface area (Å²) in [6.45, 7) is 1.54. The summed E-state index contributed by atoms with van der Waals surface area (Å²) in [5.41, 5.74) is 2.28. The molecule has 4 nitrogen and oxygen atoms in total. The zero-order valence-corrected chi connectivity index (χ0v) is 9.62. The average molecular weight is 225 g/mol. The fraction of sp³-hybridized carbons (Fsp3) is 0.600. The number of rotatable bonds is 2. The molecule has 0 radical (unpaired) electrons. The predicted octanol–water partition coefficient (Wildman–Crippen LogP) is 2.03. The van der Waals surface area contributed by atoms with Crippen LogP contribution in [-0.4, -0.2) is 23.6 Å². The number of hydrogen-bond acceptors (Lipinski definition) is 4. The molecule has 1 aromatic heterocycles. The van der Waals surface area contributed by atoms with Crippen LogP contribution in [-0.2, 0) is 17.8 Å². The molecule has 0 saturated heterocycles. The third-order valence-electron chi connectivity index (χ3n) is 2.56. The standard InChI is InChI=1S/C10H15N3OS/c1-14-6-8-7-4-2-3-5-11-9(7)13-10(15)12-8/h2-6H2,1H3,(H2,11,12,13,15). The SMILES string of the molecule is COCc1[nH]c(=S)nc2c1CCCCN2. The van der Waals surface area contributed by atoms with E-state index in [1.54, 1.807) is 7.11 Å². The second-order valence-corrected chi connectivity index (χ2v) is 4.05. The topological polar surface area (TPSA) is 49.9 Å². The van der Waals surface area contributed by atoms with Crippen LogP contribution in [0.25, 0.3) is 0 Å². The highest BCUT2D eigenvalue weighted by atomic mass is 32.1. The number of H-pyrrole nitrogens is 1. The molecule has 15 heavy (non-hydrogen) atoms. The van der Waals surface area contributed by atoms with Crippen LogP contribution < -0.4 is 5.32 Å². The highest BCUT2D eigenvalue weighted by Crippen LogP contribution is 2.21. The van der Waals surface area contributed by atoms with E-state index in [9.17, 15) is 0 Å².